The standard InChI is InChI=1S/C14H10N2O6S2/c15-16-11-5-3-9(13(7-11)23(17,18)19)1-2-10-4-6-12(16)8-14(10)24(20,21)22/h1-8H,(H,17,18,19)(H,20,21,22)/b2-1+. The summed E-state index contributed by atoms with van der Waals surface area (Å²) in [5.74, 6) is 0. The molecular formula is C14H10N2O6S2. The van der Waals surface area contributed by atoms with Crippen molar-refractivity contribution in [3.63, 3.8) is 0 Å². The summed E-state index contributed by atoms with van der Waals surface area (Å²) in [6.45, 7) is 0. The van der Waals surface area contributed by atoms with Gasteiger partial charge in [-0.2, -0.15) is 16.8 Å². The predicted octanol–water partition coefficient (Wildman–Crippen LogP) is 2.52. The molecule has 4 bridgehead atoms. The molecule has 0 saturated heterocycles. The molecule has 0 atom stereocenters. The first-order valence-corrected chi connectivity index (χ1v) is 9.35. The molecule has 4 aliphatic rings. The van der Waals surface area contributed by atoms with Crippen LogP contribution in [0.15, 0.2) is 46.2 Å². The third-order valence-corrected chi connectivity index (χ3v) is 5.30. The van der Waals surface area contributed by atoms with Gasteiger partial charge in [0, 0.05) is 24.3 Å². The van der Waals surface area contributed by atoms with E-state index in [1.165, 1.54) is 36.4 Å². The van der Waals surface area contributed by atoms with Crippen molar-refractivity contribution in [2.24, 2.45) is 0 Å². The van der Waals surface area contributed by atoms with E-state index in [1.54, 1.807) is 0 Å². The molecule has 2 N–H and O–H groups in total. The highest BCUT2D eigenvalue weighted by molar-refractivity contribution is 7.86. The van der Waals surface area contributed by atoms with Gasteiger partial charge in [-0.1, -0.05) is 12.2 Å². The minimum atomic E-state index is -4.58. The average molecular weight is 366 g/mol. The number of nitrogens with zero attached hydrogens (tertiary/aromatic N) is 2. The van der Waals surface area contributed by atoms with Crippen molar-refractivity contribution < 1.29 is 25.9 Å². The fourth-order valence-electron chi connectivity index (χ4n) is 2.36. The molecule has 10 heteroatoms. The normalized spacial score (nSPS) is 15.3. The van der Waals surface area contributed by atoms with Crippen molar-refractivity contribution in [1.29, 1.82) is 0 Å². The van der Waals surface area contributed by atoms with Crippen LogP contribution in [0.2, 0.25) is 0 Å². The van der Waals surface area contributed by atoms with Crippen LogP contribution >= 0.6 is 0 Å². The zero-order chi connectivity index (χ0) is 17.7. The molecule has 6 rings (SSSR count). The van der Waals surface area contributed by atoms with E-state index in [0.29, 0.717) is 4.70 Å². The van der Waals surface area contributed by atoms with E-state index in [9.17, 15) is 31.5 Å². The van der Waals surface area contributed by atoms with Gasteiger partial charge in [0.1, 0.15) is 9.79 Å². The minimum absolute atomic E-state index is 0.0179. The largest absolute Gasteiger partial charge is 0.493 e. The molecule has 4 aliphatic heterocycles. The van der Waals surface area contributed by atoms with E-state index in [2.05, 4.69) is 0 Å². The van der Waals surface area contributed by atoms with Gasteiger partial charge >= 0.3 is 0 Å². The Morgan fingerprint density at radius 3 is 1.46 bits per heavy atom. The second kappa shape index (κ2) is 5.31. The number of rotatable bonds is 2. The lowest BCUT2D eigenvalue weighted by Crippen LogP contribution is -2.05. The van der Waals surface area contributed by atoms with Gasteiger partial charge in [0.05, 0.1) is 0 Å². The highest BCUT2D eigenvalue weighted by Gasteiger charge is 2.22. The maximum absolute atomic E-state index is 11.5. The smallest absolute Gasteiger partial charge is 0.295 e. The van der Waals surface area contributed by atoms with Crippen molar-refractivity contribution >= 4 is 43.8 Å². The Bertz CT molecular complexity index is 1030. The van der Waals surface area contributed by atoms with E-state index in [1.807, 2.05) is 0 Å². The predicted molar refractivity (Wildman–Crippen MR) is 86.3 cm³/mol. The van der Waals surface area contributed by atoms with Gasteiger partial charge in [-0.25, -0.2) is 4.70 Å². The monoisotopic (exact) mass is 366 g/mol. The topological polar surface area (TPSA) is 134 Å². The second-order valence-corrected chi connectivity index (χ2v) is 7.82. The number of hydrogen-bond acceptors (Lipinski definition) is 4. The summed E-state index contributed by atoms with van der Waals surface area (Å²) >= 11 is 0. The lowest BCUT2D eigenvalue weighted by Gasteiger charge is -2.09. The van der Waals surface area contributed by atoms with Crippen LogP contribution in [0.25, 0.3) is 17.7 Å². The lowest BCUT2D eigenvalue weighted by atomic mass is 10.1. The molecule has 2 aromatic carbocycles. The molecule has 124 valence electrons. The Morgan fingerprint density at radius 2 is 1.12 bits per heavy atom. The highest BCUT2D eigenvalue weighted by Crippen LogP contribution is 2.31. The summed E-state index contributed by atoms with van der Waals surface area (Å²) in [7, 11) is -9.15. The summed E-state index contributed by atoms with van der Waals surface area (Å²) in [5, 5.41) is 0. The maximum atomic E-state index is 11.5. The van der Waals surface area contributed by atoms with Crippen LogP contribution < -0.4 is 4.70 Å². The zero-order valence-electron chi connectivity index (χ0n) is 11.9. The fourth-order valence-corrected chi connectivity index (χ4v) is 3.77. The third-order valence-electron chi connectivity index (χ3n) is 3.48. The second-order valence-electron chi connectivity index (χ2n) is 5.04. The Hall–Kier alpha value is -2.40. The van der Waals surface area contributed by atoms with Crippen molar-refractivity contribution in [2.45, 2.75) is 9.79 Å². The third kappa shape index (κ3) is 2.87. The van der Waals surface area contributed by atoms with E-state index < -0.39 is 30.0 Å². The average Bonchev–Trinajstić information content (AvgIpc) is 2.56. The maximum Gasteiger partial charge on any atom is 0.295 e. The van der Waals surface area contributed by atoms with E-state index in [4.69, 9.17) is 0 Å². The van der Waals surface area contributed by atoms with E-state index >= 15 is 0 Å². The molecular weight excluding hydrogens is 356 g/mol. The van der Waals surface area contributed by atoms with Crippen LogP contribution in [0.5, 0.6) is 0 Å². The molecule has 0 amide bonds. The van der Waals surface area contributed by atoms with Gasteiger partial charge in [0.15, 0.2) is 0 Å². The summed E-state index contributed by atoms with van der Waals surface area (Å²) in [4.78, 5) is -0.905. The van der Waals surface area contributed by atoms with Crippen LogP contribution in [-0.4, -0.2) is 25.9 Å². The Labute approximate surface area is 137 Å². The molecule has 0 unspecified atom stereocenters. The molecule has 0 saturated carbocycles. The Balaban J connectivity index is 2.41. The highest BCUT2D eigenvalue weighted by atomic mass is 32.2. The van der Waals surface area contributed by atoms with Gasteiger partial charge < -0.3 is 5.53 Å². The summed E-state index contributed by atoms with van der Waals surface area (Å²) in [6, 6.07) is 7.55. The van der Waals surface area contributed by atoms with Gasteiger partial charge in [-0.3, -0.25) is 9.11 Å². The van der Waals surface area contributed by atoms with Crippen molar-refractivity contribution in [3.8, 4) is 0 Å². The molecule has 4 heterocycles. The quantitative estimate of drug-likeness (QED) is 0.528. The molecule has 0 radical (unpaired) electrons. The SMILES string of the molecule is [N-]=[N+]1c2ccc(c(S(=O)(=O)O)c2)/C=C/c2ccc1cc2S(=O)(=O)O. The zero-order valence-corrected chi connectivity index (χ0v) is 13.5. The van der Waals surface area contributed by atoms with Crippen molar-refractivity contribution in [3.05, 3.63) is 53.1 Å². The first kappa shape index (κ1) is 16.5. The van der Waals surface area contributed by atoms with Crippen LogP contribution in [0.3, 0.4) is 0 Å². The van der Waals surface area contributed by atoms with Crippen LogP contribution in [0.1, 0.15) is 11.1 Å². The Morgan fingerprint density at radius 1 is 0.750 bits per heavy atom. The minimum Gasteiger partial charge on any atom is -0.493 e. The summed E-state index contributed by atoms with van der Waals surface area (Å²) < 4.78 is 65.4. The van der Waals surface area contributed by atoms with E-state index in [0.717, 1.165) is 12.1 Å². The molecule has 0 aliphatic carbocycles. The summed E-state index contributed by atoms with van der Waals surface area (Å²) in [6.07, 6.45) is 2.56. The van der Waals surface area contributed by atoms with E-state index in [-0.39, 0.29) is 22.5 Å². The Kier molecular flexibility index (Phi) is 3.64. The van der Waals surface area contributed by atoms with Crippen molar-refractivity contribution in [1.82, 2.24) is 4.70 Å². The lowest BCUT2D eigenvalue weighted by molar-refractivity contribution is 0.480. The molecule has 0 spiro atoms. The van der Waals surface area contributed by atoms with Crippen LogP contribution in [0, 0.1) is 0 Å². The molecule has 2 aromatic rings. The molecule has 24 heavy (non-hydrogen) atoms. The summed E-state index contributed by atoms with van der Waals surface area (Å²) in [5.41, 5.74) is 10.4. The first-order valence-electron chi connectivity index (χ1n) is 6.47. The fraction of sp³-hybridized carbons (Fsp3) is 0. The van der Waals surface area contributed by atoms with Crippen molar-refractivity contribution in [2.75, 3.05) is 0 Å². The van der Waals surface area contributed by atoms with Gasteiger partial charge in [0.25, 0.3) is 20.2 Å². The van der Waals surface area contributed by atoms with Gasteiger partial charge in [-0.05, 0) is 23.3 Å². The first-order chi connectivity index (χ1) is 11.1. The molecule has 8 nitrogen and oxygen atoms in total. The number of benzene rings is 2. The van der Waals surface area contributed by atoms with Crippen LogP contribution in [-0.2, 0) is 20.2 Å². The van der Waals surface area contributed by atoms with Gasteiger partial charge in [0.2, 0.25) is 11.4 Å². The van der Waals surface area contributed by atoms with Crippen LogP contribution in [0.4, 0.5) is 11.4 Å². The molecule has 0 aromatic heterocycles. The molecule has 0 fully saturated rings. The number of hydrogen-bond donors (Lipinski definition) is 2. The van der Waals surface area contributed by atoms with Gasteiger partial charge in [-0.15, -0.1) is 0 Å².